The molecule has 0 saturated heterocycles. The van der Waals surface area contributed by atoms with Gasteiger partial charge < -0.3 is 10.1 Å². The second-order valence-electron chi connectivity index (χ2n) is 7.63. The Bertz CT molecular complexity index is 1050. The van der Waals surface area contributed by atoms with Crippen LogP contribution in [0.15, 0.2) is 60.0 Å². The van der Waals surface area contributed by atoms with E-state index >= 15 is 0 Å². The van der Waals surface area contributed by atoms with Crippen LogP contribution in [0.1, 0.15) is 31.2 Å². The summed E-state index contributed by atoms with van der Waals surface area (Å²) in [6.07, 6.45) is 3.15. The van der Waals surface area contributed by atoms with Crippen LogP contribution in [0.3, 0.4) is 0 Å². The number of carbonyl (C=O) groups is 2. The number of esters is 1. The summed E-state index contributed by atoms with van der Waals surface area (Å²) in [4.78, 5) is 30.3. The van der Waals surface area contributed by atoms with E-state index in [4.69, 9.17) is 16.3 Å². The lowest BCUT2D eigenvalue weighted by Crippen LogP contribution is -2.37. The maximum absolute atomic E-state index is 13.0. The van der Waals surface area contributed by atoms with E-state index in [-0.39, 0.29) is 18.5 Å². The molecule has 31 heavy (non-hydrogen) atoms. The van der Waals surface area contributed by atoms with E-state index in [2.05, 4.69) is 10.3 Å². The average molecular weight is 455 g/mol. The first kappa shape index (κ1) is 21.5. The largest absolute Gasteiger partial charge is 0.461 e. The van der Waals surface area contributed by atoms with Crippen LogP contribution in [0.2, 0.25) is 5.02 Å². The van der Waals surface area contributed by atoms with Gasteiger partial charge in [-0.3, -0.25) is 9.59 Å². The Morgan fingerprint density at radius 2 is 1.84 bits per heavy atom. The number of anilines is 1. The van der Waals surface area contributed by atoms with Gasteiger partial charge in [0, 0.05) is 16.0 Å². The van der Waals surface area contributed by atoms with Crippen LogP contribution in [0.25, 0.3) is 11.3 Å². The average Bonchev–Trinajstić information content (AvgIpc) is 3.26. The number of hydrogen-bond donors (Lipinski definition) is 1. The number of carbonyl (C=O) groups excluding carboxylic acids is 2. The van der Waals surface area contributed by atoms with Crippen molar-refractivity contribution in [2.45, 2.75) is 32.3 Å². The highest BCUT2D eigenvalue weighted by atomic mass is 35.5. The van der Waals surface area contributed by atoms with Gasteiger partial charge in [0.1, 0.15) is 6.61 Å². The van der Waals surface area contributed by atoms with E-state index < -0.39 is 11.8 Å². The van der Waals surface area contributed by atoms with Gasteiger partial charge in [-0.15, -0.1) is 11.3 Å². The zero-order chi connectivity index (χ0) is 21.6. The van der Waals surface area contributed by atoms with Crippen molar-refractivity contribution in [3.8, 4) is 11.3 Å². The van der Waals surface area contributed by atoms with E-state index in [0.717, 1.165) is 29.7 Å². The summed E-state index contributed by atoms with van der Waals surface area (Å²) in [5.74, 6) is -1.35. The molecule has 1 N–H and O–H groups in total. The second-order valence-corrected chi connectivity index (χ2v) is 8.92. The molecule has 2 atom stereocenters. The fourth-order valence-corrected chi connectivity index (χ4v) is 4.82. The predicted octanol–water partition coefficient (Wildman–Crippen LogP) is 5.95. The number of nitrogens with zero attached hydrogens (tertiary/aromatic N) is 1. The number of thiazole rings is 1. The highest BCUT2D eigenvalue weighted by Gasteiger charge is 2.37. The third-order valence-corrected chi connectivity index (χ3v) is 6.47. The molecular formula is C24H23ClN2O3S. The summed E-state index contributed by atoms with van der Waals surface area (Å²) < 4.78 is 5.52. The Morgan fingerprint density at radius 1 is 1.06 bits per heavy atom. The van der Waals surface area contributed by atoms with Crippen LogP contribution in [-0.2, 0) is 20.9 Å². The molecule has 1 aliphatic rings. The minimum atomic E-state index is -0.443. The Morgan fingerprint density at radius 3 is 2.61 bits per heavy atom. The number of nitrogens with one attached hydrogen (secondary N) is 1. The Kier molecular flexibility index (Phi) is 6.99. The van der Waals surface area contributed by atoms with Gasteiger partial charge in [0.15, 0.2) is 5.13 Å². The van der Waals surface area contributed by atoms with Crippen LogP contribution >= 0.6 is 22.9 Å². The maximum Gasteiger partial charge on any atom is 0.310 e. The van der Waals surface area contributed by atoms with Gasteiger partial charge in [-0.1, -0.05) is 66.9 Å². The molecule has 1 aliphatic carbocycles. The summed E-state index contributed by atoms with van der Waals surface area (Å²) in [7, 11) is 0. The van der Waals surface area contributed by atoms with Gasteiger partial charge in [-0.2, -0.15) is 0 Å². The van der Waals surface area contributed by atoms with Gasteiger partial charge in [0.2, 0.25) is 5.91 Å². The maximum atomic E-state index is 13.0. The molecule has 1 amide bonds. The Hall–Kier alpha value is -2.70. The normalized spacial score (nSPS) is 18.4. The zero-order valence-corrected chi connectivity index (χ0v) is 18.5. The SMILES string of the molecule is O=C(Nc1nc(-c2ccccc2)cs1)[C@H]1CCCC[C@H]1C(=O)OCc1cccc(Cl)c1. The molecule has 0 spiro atoms. The van der Waals surface area contributed by atoms with Crippen molar-refractivity contribution in [1.82, 2.24) is 4.98 Å². The number of halogens is 1. The quantitative estimate of drug-likeness (QED) is 0.467. The molecule has 4 rings (SSSR count). The fraction of sp³-hybridized carbons (Fsp3) is 0.292. The lowest BCUT2D eigenvalue weighted by atomic mass is 9.78. The first-order chi connectivity index (χ1) is 15.1. The van der Waals surface area contributed by atoms with Gasteiger partial charge >= 0.3 is 5.97 Å². The molecule has 3 aromatic rings. The minimum absolute atomic E-state index is 0.150. The lowest BCUT2D eigenvalue weighted by molar-refractivity contribution is -0.155. The Balaban J connectivity index is 1.39. The Labute approximate surface area is 190 Å². The highest BCUT2D eigenvalue weighted by Crippen LogP contribution is 2.33. The van der Waals surface area contributed by atoms with Crippen molar-refractivity contribution in [2.24, 2.45) is 11.8 Å². The van der Waals surface area contributed by atoms with Crippen LogP contribution in [0.4, 0.5) is 5.13 Å². The summed E-state index contributed by atoms with van der Waals surface area (Å²) in [6, 6.07) is 17.0. The predicted molar refractivity (Wildman–Crippen MR) is 123 cm³/mol. The van der Waals surface area contributed by atoms with Gasteiger partial charge in [0.05, 0.1) is 17.5 Å². The third kappa shape index (κ3) is 5.51. The van der Waals surface area contributed by atoms with Gasteiger partial charge in [0.25, 0.3) is 0 Å². The second kappa shape index (κ2) is 10.1. The van der Waals surface area contributed by atoms with Crippen LogP contribution in [0.5, 0.6) is 0 Å². The van der Waals surface area contributed by atoms with E-state index in [1.54, 1.807) is 12.1 Å². The summed E-state index contributed by atoms with van der Waals surface area (Å²) in [6.45, 7) is 0.150. The molecule has 1 fully saturated rings. The molecule has 7 heteroatoms. The molecule has 0 aliphatic heterocycles. The molecule has 1 aromatic heterocycles. The van der Waals surface area contributed by atoms with Crippen molar-refractivity contribution >= 4 is 39.9 Å². The molecule has 160 valence electrons. The molecule has 1 saturated carbocycles. The van der Waals surface area contributed by atoms with Crippen LogP contribution in [-0.4, -0.2) is 16.9 Å². The first-order valence-corrected chi connectivity index (χ1v) is 11.6. The van der Waals surface area contributed by atoms with E-state index in [9.17, 15) is 9.59 Å². The third-order valence-electron chi connectivity index (χ3n) is 5.48. The number of rotatable bonds is 6. The summed E-state index contributed by atoms with van der Waals surface area (Å²) >= 11 is 7.38. The standard InChI is InChI=1S/C24H23ClN2O3S/c25-18-10-6-7-16(13-18)14-30-23(29)20-12-5-4-11-19(20)22(28)27-24-26-21(15-31-24)17-8-2-1-3-9-17/h1-3,6-10,13,15,19-20H,4-5,11-12,14H2,(H,26,27,28)/t19-,20+/m0/s1. The van der Waals surface area contributed by atoms with Crippen molar-refractivity contribution in [3.63, 3.8) is 0 Å². The molecule has 0 radical (unpaired) electrons. The highest BCUT2D eigenvalue weighted by molar-refractivity contribution is 7.14. The first-order valence-electron chi connectivity index (χ1n) is 10.3. The molecule has 5 nitrogen and oxygen atoms in total. The van der Waals surface area contributed by atoms with Crippen LogP contribution < -0.4 is 5.32 Å². The van der Waals surface area contributed by atoms with Gasteiger partial charge in [-0.05, 0) is 30.5 Å². The molecule has 0 unspecified atom stereocenters. The van der Waals surface area contributed by atoms with E-state index in [1.165, 1.54) is 11.3 Å². The topological polar surface area (TPSA) is 68.3 Å². The molecular weight excluding hydrogens is 432 g/mol. The molecule has 0 bridgehead atoms. The minimum Gasteiger partial charge on any atom is -0.461 e. The molecule has 1 heterocycles. The summed E-state index contributed by atoms with van der Waals surface area (Å²) in [5, 5.41) is 5.97. The molecule has 2 aromatic carbocycles. The zero-order valence-electron chi connectivity index (χ0n) is 16.9. The van der Waals surface area contributed by atoms with Crippen molar-refractivity contribution in [3.05, 3.63) is 70.6 Å². The van der Waals surface area contributed by atoms with Crippen molar-refractivity contribution < 1.29 is 14.3 Å². The number of ether oxygens (including phenoxy) is 1. The van der Waals surface area contributed by atoms with Gasteiger partial charge in [-0.25, -0.2) is 4.98 Å². The van der Waals surface area contributed by atoms with E-state index in [1.807, 2.05) is 47.8 Å². The number of benzene rings is 2. The van der Waals surface area contributed by atoms with Crippen LogP contribution in [0, 0.1) is 11.8 Å². The number of hydrogen-bond acceptors (Lipinski definition) is 5. The fourth-order valence-electron chi connectivity index (χ4n) is 3.89. The van der Waals surface area contributed by atoms with E-state index in [0.29, 0.717) is 23.0 Å². The monoisotopic (exact) mass is 454 g/mol. The number of aromatic nitrogens is 1. The smallest absolute Gasteiger partial charge is 0.310 e. The number of amides is 1. The van der Waals surface area contributed by atoms with Crippen molar-refractivity contribution in [2.75, 3.05) is 5.32 Å². The van der Waals surface area contributed by atoms with Crippen molar-refractivity contribution in [1.29, 1.82) is 0 Å². The summed E-state index contributed by atoms with van der Waals surface area (Å²) in [5.41, 5.74) is 2.65. The lowest BCUT2D eigenvalue weighted by Gasteiger charge is -2.28.